The van der Waals surface area contributed by atoms with Crippen molar-refractivity contribution in [3.63, 3.8) is 0 Å². The topological polar surface area (TPSA) is 49.3 Å². The number of hydrogen-bond acceptors (Lipinski definition) is 2. The first kappa shape index (κ1) is 18.5. The van der Waals surface area contributed by atoms with E-state index in [1.165, 1.54) is 5.56 Å². The molecular weight excluding hydrogens is 322 g/mol. The summed E-state index contributed by atoms with van der Waals surface area (Å²) in [5.41, 5.74) is 2.62. The van der Waals surface area contributed by atoms with Gasteiger partial charge in [-0.1, -0.05) is 49.7 Å². The fourth-order valence-electron chi connectivity index (χ4n) is 2.78. The van der Waals surface area contributed by atoms with Crippen LogP contribution in [0.5, 0.6) is 0 Å². The lowest BCUT2D eigenvalue weighted by Crippen LogP contribution is -2.32. The molecule has 1 unspecified atom stereocenters. The summed E-state index contributed by atoms with van der Waals surface area (Å²) in [6.45, 7) is 5.15. The first-order chi connectivity index (χ1) is 11.4. The fraction of sp³-hybridized carbons (Fsp3) is 0.350. The number of carbonyl (C=O) groups is 1. The van der Waals surface area contributed by atoms with E-state index in [-0.39, 0.29) is 0 Å². The van der Waals surface area contributed by atoms with E-state index < -0.39 is 5.97 Å². The summed E-state index contributed by atoms with van der Waals surface area (Å²) in [5.74, 6) is -0.302. The van der Waals surface area contributed by atoms with Crippen molar-refractivity contribution in [1.29, 1.82) is 0 Å². The van der Waals surface area contributed by atoms with Crippen LogP contribution >= 0.6 is 11.6 Å². The Labute approximate surface area is 148 Å². The average Bonchev–Trinajstić information content (AvgIpc) is 2.52. The minimum atomic E-state index is -0.895. The molecule has 128 valence electrons. The van der Waals surface area contributed by atoms with E-state index in [2.05, 4.69) is 25.2 Å². The van der Waals surface area contributed by atoms with Gasteiger partial charge in [-0.2, -0.15) is 0 Å². The third-order valence-electron chi connectivity index (χ3n) is 3.92. The highest BCUT2D eigenvalue weighted by Crippen LogP contribution is 2.16. The van der Waals surface area contributed by atoms with Gasteiger partial charge >= 0.3 is 5.97 Å². The first-order valence-electron chi connectivity index (χ1n) is 8.24. The molecule has 0 aliphatic rings. The molecule has 0 spiro atoms. The van der Waals surface area contributed by atoms with Crippen molar-refractivity contribution < 1.29 is 9.90 Å². The molecule has 0 aromatic heterocycles. The molecule has 4 heteroatoms. The number of rotatable bonds is 8. The van der Waals surface area contributed by atoms with E-state index >= 15 is 0 Å². The highest BCUT2D eigenvalue weighted by Gasteiger charge is 2.12. The zero-order valence-electron chi connectivity index (χ0n) is 14.1. The summed E-state index contributed by atoms with van der Waals surface area (Å²) >= 11 is 6.08. The summed E-state index contributed by atoms with van der Waals surface area (Å²) in [6.07, 6.45) is 1.99. The van der Waals surface area contributed by atoms with E-state index in [0.717, 1.165) is 30.0 Å². The number of nitrogens with one attached hydrogen (secondary N) is 1. The van der Waals surface area contributed by atoms with Gasteiger partial charge in [0.05, 0.1) is 5.56 Å². The lowest BCUT2D eigenvalue weighted by atomic mass is 9.97. The molecule has 0 heterocycles. The lowest BCUT2D eigenvalue weighted by molar-refractivity contribution is 0.0697. The summed E-state index contributed by atoms with van der Waals surface area (Å²) in [7, 11) is 0. The third kappa shape index (κ3) is 5.99. The van der Waals surface area contributed by atoms with E-state index in [4.69, 9.17) is 16.7 Å². The Hall–Kier alpha value is -1.84. The Bertz CT molecular complexity index is 668. The summed E-state index contributed by atoms with van der Waals surface area (Å²) in [6, 6.07) is 15.4. The second-order valence-electron chi connectivity index (χ2n) is 6.54. The molecule has 0 saturated heterocycles. The van der Waals surface area contributed by atoms with E-state index in [0.29, 0.717) is 17.5 Å². The summed E-state index contributed by atoms with van der Waals surface area (Å²) in [5, 5.41) is 13.3. The second kappa shape index (κ2) is 8.86. The normalized spacial score (nSPS) is 12.3. The predicted octanol–water partition coefficient (Wildman–Crippen LogP) is 4.79. The van der Waals surface area contributed by atoms with Crippen LogP contribution in [0.4, 0.5) is 0 Å². The van der Waals surface area contributed by atoms with Gasteiger partial charge in [-0.25, -0.2) is 4.79 Å². The Balaban J connectivity index is 1.99. The van der Waals surface area contributed by atoms with Crippen LogP contribution in [-0.4, -0.2) is 17.1 Å². The van der Waals surface area contributed by atoms with Crippen molar-refractivity contribution in [1.82, 2.24) is 5.32 Å². The minimum Gasteiger partial charge on any atom is -0.478 e. The number of halogens is 1. The predicted molar refractivity (Wildman–Crippen MR) is 98.6 cm³/mol. The standard InChI is InChI=1S/C20H24ClNO2/c1-14(2)10-19(12-16-4-3-5-18(21)11-16)22-13-15-6-8-17(9-7-15)20(23)24/h3-9,11,14,19,22H,10,12-13H2,1-2H3,(H,23,24). The van der Waals surface area contributed by atoms with Crippen molar-refractivity contribution in [3.8, 4) is 0 Å². The fourth-order valence-corrected chi connectivity index (χ4v) is 3.00. The van der Waals surface area contributed by atoms with Crippen LogP contribution in [0.25, 0.3) is 0 Å². The van der Waals surface area contributed by atoms with Crippen LogP contribution in [0, 0.1) is 5.92 Å². The average molecular weight is 346 g/mol. The number of aromatic carboxylic acids is 1. The second-order valence-corrected chi connectivity index (χ2v) is 6.98. The van der Waals surface area contributed by atoms with Gasteiger partial charge in [0.15, 0.2) is 0 Å². The quantitative estimate of drug-likeness (QED) is 0.723. The van der Waals surface area contributed by atoms with Crippen molar-refractivity contribution >= 4 is 17.6 Å². The van der Waals surface area contributed by atoms with Gasteiger partial charge in [-0.3, -0.25) is 0 Å². The molecule has 2 N–H and O–H groups in total. The van der Waals surface area contributed by atoms with Gasteiger partial charge < -0.3 is 10.4 Å². The summed E-state index contributed by atoms with van der Waals surface area (Å²) in [4.78, 5) is 10.9. The minimum absolute atomic E-state index is 0.316. The molecule has 1 atom stereocenters. The first-order valence-corrected chi connectivity index (χ1v) is 8.62. The Morgan fingerprint density at radius 1 is 1.12 bits per heavy atom. The molecule has 2 aromatic carbocycles. The molecule has 0 saturated carbocycles. The largest absolute Gasteiger partial charge is 0.478 e. The van der Waals surface area contributed by atoms with Gasteiger partial charge in [0.1, 0.15) is 0 Å². The lowest BCUT2D eigenvalue weighted by Gasteiger charge is -2.21. The molecule has 24 heavy (non-hydrogen) atoms. The van der Waals surface area contributed by atoms with Crippen molar-refractivity contribution in [3.05, 3.63) is 70.2 Å². The van der Waals surface area contributed by atoms with Gasteiger partial charge in [0.2, 0.25) is 0 Å². The zero-order chi connectivity index (χ0) is 17.5. The number of hydrogen-bond donors (Lipinski definition) is 2. The van der Waals surface area contributed by atoms with Crippen LogP contribution in [0.1, 0.15) is 41.8 Å². The van der Waals surface area contributed by atoms with Crippen molar-refractivity contribution in [2.45, 2.75) is 39.3 Å². The third-order valence-corrected chi connectivity index (χ3v) is 4.16. The molecule has 0 amide bonds. The van der Waals surface area contributed by atoms with E-state index in [9.17, 15) is 4.79 Å². The Kier molecular flexibility index (Phi) is 6.83. The van der Waals surface area contributed by atoms with Gasteiger partial charge in [0.25, 0.3) is 0 Å². The Morgan fingerprint density at radius 3 is 2.42 bits per heavy atom. The van der Waals surface area contributed by atoms with E-state index in [1.807, 2.05) is 30.3 Å². The van der Waals surface area contributed by atoms with Crippen LogP contribution in [0.15, 0.2) is 48.5 Å². The molecule has 2 rings (SSSR count). The van der Waals surface area contributed by atoms with E-state index in [1.54, 1.807) is 12.1 Å². The zero-order valence-corrected chi connectivity index (χ0v) is 14.9. The van der Waals surface area contributed by atoms with Crippen LogP contribution in [0.2, 0.25) is 5.02 Å². The van der Waals surface area contributed by atoms with Gasteiger partial charge in [-0.15, -0.1) is 0 Å². The maximum absolute atomic E-state index is 10.9. The monoisotopic (exact) mass is 345 g/mol. The molecule has 2 aromatic rings. The molecule has 3 nitrogen and oxygen atoms in total. The molecule has 0 fully saturated rings. The SMILES string of the molecule is CC(C)CC(Cc1cccc(Cl)c1)NCc1ccc(C(=O)O)cc1. The van der Waals surface area contributed by atoms with Crippen LogP contribution in [-0.2, 0) is 13.0 Å². The highest BCUT2D eigenvalue weighted by atomic mass is 35.5. The maximum Gasteiger partial charge on any atom is 0.335 e. The van der Waals surface area contributed by atoms with Gasteiger partial charge in [0, 0.05) is 17.6 Å². The molecule has 0 bridgehead atoms. The highest BCUT2D eigenvalue weighted by molar-refractivity contribution is 6.30. The molecule has 0 radical (unpaired) electrons. The van der Waals surface area contributed by atoms with Crippen molar-refractivity contribution in [2.24, 2.45) is 5.92 Å². The van der Waals surface area contributed by atoms with Crippen LogP contribution < -0.4 is 5.32 Å². The number of carboxylic acids is 1. The van der Waals surface area contributed by atoms with Crippen LogP contribution in [0.3, 0.4) is 0 Å². The molecule has 0 aliphatic heterocycles. The smallest absolute Gasteiger partial charge is 0.335 e. The maximum atomic E-state index is 10.9. The number of benzene rings is 2. The Morgan fingerprint density at radius 2 is 1.83 bits per heavy atom. The summed E-state index contributed by atoms with van der Waals surface area (Å²) < 4.78 is 0. The molecular formula is C20H24ClNO2. The molecule has 0 aliphatic carbocycles. The number of carboxylic acid groups (broad SMARTS) is 1. The van der Waals surface area contributed by atoms with Crippen molar-refractivity contribution in [2.75, 3.05) is 0 Å². The van der Waals surface area contributed by atoms with Gasteiger partial charge in [-0.05, 0) is 54.2 Å².